The molecule has 0 aliphatic heterocycles. The predicted molar refractivity (Wildman–Crippen MR) is 77.6 cm³/mol. The van der Waals surface area contributed by atoms with E-state index in [4.69, 9.17) is 16.6 Å². The maximum Gasteiger partial charge on any atom is 0.140 e. The molecule has 0 atom stereocenters. The largest absolute Gasteiger partial charge is 0.237 e. The average Bonchev–Trinajstić information content (AvgIpc) is 3.23. The van der Waals surface area contributed by atoms with Gasteiger partial charge in [0.15, 0.2) is 0 Å². The molecule has 0 N–H and O–H groups in total. The molecule has 98 valence electrons. The van der Waals surface area contributed by atoms with Crippen LogP contribution in [0.25, 0.3) is 0 Å². The zero-order valence-corrected chi connectivity index (χ0v) is 12.0. The van der Waals surface area contributed by atoms with Gasteiger partial charge in [0.25, 0.3) is 0 Å². The smallest absolute Gasteiger partial charge is 0.140 e. The molecule has 3 rings (SSSR count). The fourth-order valence-corrected chi connectivity index (χ4v) is 2.48. The van der Waals surface area contributed by atoms with E-state index in [9.17, 15) is 0 Å². The first-order valence-electron chi connectivity index (χ1n) is 6.68. The highest BCUT2D eigenvalue weighted by atomic mass is 35.5. The normalized spacial score (nSPS) is 15.5. The van der Waals surface area contributed by atoms with Gasteiger partial charge in [0, 0.05) is 17.0 Å². The highest BCUT2D eigenvalue weighted by molar-refractivity contribution is 6.29. The number of hydrogen-bond acceptors (Lipinski definition) is 2. The van der Waals surface area contributed by atoms with Crippen LogP contribution in [0.4, 0.5) is 0 Å². The summed E-state index contributed by atoms with van der Waals surface area (Å²) < 4.78 is 0. The molecule has 0 unspecified atom stereocenters. The second kappa shape index (κ2) is 4.61. The quantitative estimate of drug-likeness (QED) is 0.777. The van der Waals surface area contributed by atoms with Crippen LogP contribution in [0, 0.1) is 0 Å². The zero-order chi connectivity index (χ0) is 13.5. The van der Waals surface area contributed by atoms with E-state index in [1.54, 1.807) is 0 Å². The minimum atomic E-state index is -0.226. The summed E-state index contributed by atoms with van der Waals surface area (Å²) in [5, 5.41) is 0.552. The average molecular weight is 273 g/mol. The zero-order valence-electron chi connectivity index (χ0n) is 11.2. The summed E-state index contributed by atoms with van der Waals surface area (Å²) in [4.78, 5) is 9.19. The molecular weight excluding hydrogens is 256 g/mol. The van der Waals surface area contributed by atoms with Gasteiger partial charge in [0.1, 0.15) is 11.0 Å². The van der Waals surface area contributed by atoms with Crippen LogP contribution in [0.3, 0.4) is 0 Å². The Kier molecular flexibility index (Phi) is 3.06. The van der Waals surface area contributed by atoms with E-state index < -0.39 is 0 Å². The van der Waals surface area contributed by atoms with Crippen LogP contribution in [0.5, 0.6) is 0 Å². The lowest BCUT2D eigenvalue weighted by atomic mass is 9.83. The van der Waals surface area contributed by atoms with Crippen molar-refractivity contribution in [1.82, 2.24) is 9.97 Å². The van der Waals surface area contributed by atoms with Gasteiger partial charge in [0.2, 0.25) is 0 Å². The SMILES string of the molecule is CC(C)(c1ccccc1)c1nc(Cl)cc(C2CC2)n1. The third-order valence-electron chi connectivity index (χ3n) is 3.76. The third kappa shape index (κ3) is 2.50. The van der Waals surface area contributed by atoms with E-state index in [2.05, 4.69) is 31.0 Å². The maximum atomic E-state index is 6.16. The first-order valence-corrected chi connectivity index (χ1v) is 7.05. The Morgan fingerprint density at radius 2 is 1.79 bits per heavy atom. The molecule has 0 radical (unpaired) electrons. The van der Waals surface area contributed by atoms with Crippen LogP contribution < -0.4 is 0 Å². The summed E-state index contributed by atoms with van der Waals surface area (Å²) in [6.45, 7) is 4.29. The maximum absolute atomic E-state index is 6.16. The lowest BCUT2D eigenvalue weighted by molar-refractivity contribution is 0.585. The van der Waals surface area contributed by atoms with E-state index >= 15 is 0 Å². The van der Waals surface area contributed by atoms with Crippen molar-refractivity contribution in [3.05, 3.63) is 58.6 Å². The van der Waals surface area contributed by atoms with Gasteiger partial charge in [-0.3, -0.25) is 0 Å². The number of rotatable bonds is 3. The monoisotopic (exact) mass is 272 g/mol. The van der Waals surface area contributed by atoms with Crippen LogP contribution in [0.15, 0.2) is 36.4 Å². The molecule has 2 nitrogen and oxygen atoms in total. The van der Waals surface area contributed by atoms with Gasteiger partial charge in [-0.1, -0.05) is 41.9 Å². The molecular formula is C16H17ClN2. The van der Waals surface area contributed by atoms with Crippen molar-refractivity contribution in [1.29, 1.82) is 0 Å². The second-order valence-corrected chi connectivity index (χ2v) is 6.09. The Labute approximate surface area is 118 Å². The van der Waals surface area contributed by atoms with Crippen molar-refractivity contribution in [2.75, 3.05) is 0 Å². The topological polar surface area (TPSA) is 25.8 Å². The Bertz CT molecular complexity index is 589. The van der Waals surface area contributed by atoms with Crippen molar-refractivity contribution in [3.8, 4) is 0 Å². The Morgan fingerprint density at radius 1 is 1.11 bits per heavy atom. The van der Waals surface area contributed by atoms with E-state index in [1.165, 1.54) is 18.4 Å². The lowest BCUT2D eigenvalue weighted by Crippen LogP contribution is -2.23. The van der Waals surface area contributed by atoms with Crippen LogP contribution in [0.2, 0.25) is 5.15 Å². The standard InChI is InChI=1S/C16H17ClN2/c1-16(2,12-6-4-3-5-7-12)15-18-13(11-8-9-11)10-14(17)19-15/h3-7,10-11H,8-9H2,1-2H3. The molecule has 1 aliphatic carbocycles. The number of nitrogens with zero attached hydrogens (tertiary/aromatic N) is 2. The number of benzene rings is 1. The minimum Gasteiger partial charge on any atom is -0.237 e. The molecule has 0 saturated heterocycles. The van der Waals surface area contributed by atoms with Crippen LogP contribution >= 0.6 is 11.6 Å². The molecule has 2 aromatic rings. The molecule has 1 saturated carbocycles. The molecule has 1 fully saturated rings. The van der Waals surface area contributed by atoms with Gasteiger partial charge < -0.3 is 0 Å². The van der Waals surface area contributed by atoms with Crippen molar-refractivity contribution < 1.29 is 0 Å². The van der Waals surface area contributed by atoms with Gasteiger partial charge in [-0.25, -0.2) is 9.97 Å². The van der Waals surface area contributed by atoms with Crippen molar-refractivity contribution in [2.45, 2.75) is 38.0 Å². The van der Waals surface area contributed by atoms with E-state index in [0.29, 0.717) is 11.1 Å². The highest BCUT2D eigenvalue weighted by Gasteiger charge is 2.30. The summed E-state index contributed by atoms with van der Waals surface area (Å²) in [6, 6.07) is 12.2. The molecule has 1 heterocycles. The molecule has 1 aromatic heterocycles. The number of halogens is 1. The van der Waals surface area contributed by atoms with Gasteiger partial charge in [-0.2, -0.15) is 0 Å². The van der Waals surface area contributed by atoms with E-state index in [0.717, 1.165) is 11.5 Å². The Hall–Kier alpha value is -1.41. The Morgan fingerprint density at radius 3 is 2.42 bits per heavy atom. The number of hydrogen-bond donors (Lipinski definition) is 0. The first kappa shape index (κ1) is 12.6. The van der Waals surface area contributed by atoms with Gasteiger partial charge in [-0.15, -0.1) is 0 Å². The fourth-order valence-electron chi connectivity index (χ4n) is 2.29. The predicted octanol–water partition coefficient (Wildman–Crippen LogP) is 4.33. The summed E-state index contributed by atoms with van der Waals surface area (Å²) in [5.41, 5.74) is 2.08. The van der Waals surface area contributed by atoms with Crippen LogP contribution in [0.1, 0.15) is 49.7 Å². The van der Waals surface area contributed by atoms with Crippen molar-refractivity contribution in [3.63, 3.8) is 0 Å². The van der Waals surface area contributed by atoms with Gasteiger partial charge in [0.05, 0.1) is 0 Å². The van der Waals surface area contributed by atoms with E-state index in [-0.39, 0.29) is 5.41 Å². The molecule has 0 amide bonds. The van der Waals surface area contributed by atoms with Crippen molar-refractivity contribution >= 4 is 11.6 Å². The van der Waals surface area contributed by atoms with Crippen LogP contribution in [-0.2, 0) is 5.41 Å². The molecule has 1 aromatic carbocycles. The fraction of sp³-hybridized carbons (Fsp3) is 0.375. The highest BCUT2D eigenvalue weighted by Crippen LogP contribution is 2.40. The summed E-state index contributed by atoms with van der Waals surface area (Å²) >= 11 is 6.16. The second-order valence-electron chi connectivity index (χ2n) is 5.70. The molecule has 3 heteroatoms. The molecule has 0 bridgehead atoms. The summed E-state index contributed by atoms with van der Waals surface area (Å²) in [7, 11) is 0. The number of aromatic nitrogens is 2. The van der Waals surface area contributed by atoms with Crippen LogP contribution in [-0.4, -0.2) is 9.97 Å². The van der Waals surface area contributed by atoms with E-state index in [1.807, 2.05) is 24.3 Å². The minimum absolute atomic E-state index is 0.226. The third-order valence-corrected chi connectivity index (χ3v) is 3.96. The van der Waals surface area contributed by atoms with Crippen molar-refractivity contribution in [2.24, 2.45) is 0 Å². The van der Waals surface area contributed by atoms with Gasteiger partial charge >= 0.3 is 0 Å². The Balaban J connectivity index is 2.05. The molecule has 19 heavy (non-hydrogen) atoms. The summed E-state index contributed by atoms with van der Waals surface area (Å²) in [6.07, 6.45) is 2.44. The van der Waals surface area contributed by atoms with Gasteiger partial charge in [-0.05, 0) is 38.3 Å². The molecule has 1 aliphatic rings. The molecule has 0 spiro atoms. The summed E-state index contributed by atoms with van der Waals surface area (Å²) in [5.74, 6) is 1.40. The lowest BCUT2D eigenvalue weighted by Gasteiger charge is -2.24. The first-order chi connectivity index (χ1) is 9.07.